The largest absolute Gasteiger partial charge is 0.364 e. The number of amides is 1. The zero-order valence-electron chi connectivity index (χ0n) is 12.6. The van der Waals surface area contributed by atoms with Gasteiger partial charge >= 0.3 is 0 Å². The molecule has 1 atom stereocenters. The fourth-order valence-electron chi connectivity index (χ4n) is 2.62. The molecule has 2 aromatic rings. The van der Waals surface area contributed by atoms with E-state index in [-0.39, 0.29) is 17.2 Å². The van der Waals surface area contributed by atoms with Gasteiger partial charge in [-0.1, -0.05) is 11.6 Å². The smallest absolute Gasteiger partial charge is 0.256 e. The van der Waals surface area contributed by atoms with Crippen LogP contribution in [-0.4, -0.2) is 46.4 Å². The fraction of sp³-hybridized carbons (Fsp3) is 0.250. The van der Waals surface area contributed by atoms with Crippen molar-refractivity contribution >= 4 is 29.6 Å². The maximum Gasteiger partial charge on any atom is 0.256 e. The molecule has 1 aliphatic rings. The van der Waals surface area contributed by atoms with Crippen LogP contribution in [0.2, 0.25) is 5.15 Å². The van der Waals surface area contributed by atoms with Crippen LogP contribution >= 0.6 is 11.6 Å². The van der Waals surface area contributed by atoms with E-state index in [4.69, 9.17) is 11.6 Å². The van der Waals surface area contributed by atoms with Crippen molar-refractivity contribution in [3.8, 4) is 0 Å². The number of halogens is 2. The zero-order chi connectivity index (χ0) is 17.1. The number of nitrogens with one attached hydrogen (secondary N) is 1. The molecule has 0 radical (unpaired) electrons. The lowest BCUT2D eigenvalue weighted by atomic mass is 10.1. The maximum absolute atomic E-state index is 13.9. The molecule has 1 N–H and O–H groups in total. The molecule has 0 aliphatic carbocycles. The normalized spacial score (nSPS) is 16.9. The zero-order valence-corrected chi connectivity index (χ0v) is 13.3. The molecule has 0 bridgehead atoms. The van der Waals surface area contributed by atoms with Gasteiger partial charge in [-0.3, -0.25) is 9.59 Å². The van der Waals surface area contributed by atoms with Gasteiger partial charge in [0.2, 0.25) is 0 Å². The summed E-state index contributed by atoms with van der Waals surface area (Å²) in [7, 11) is 0. The van der Waals surface area contributed by atoms with E-state index in [9.17, 15) is 14.0 Å². The van der Waals surface area contributed by atoms with Crippen molar-refractivity contribution in [2.75, 3.05) is 18.4 Å². The second-order valence-corrected chi connectivity index (χ2v) is 5.87. The number of rotatable bonds is 4. The van der Waals surface area contributed by atoms with Crippen LogP contribution in [0.5, 0.6) is 0 Å². The van der Waals surface area contributed by atoms with Crippen LogP contribution < -0.4 is 5.32 Å². The van der Waals surface area contributed by atoms with Crippen molar-refractivity contribution in [2.45, 2.75) is 12.5 Å². The molecule has 3 rings (SSSR count). The van der Waals surface area contributed by atoms with Gasteiger partial charge < -0.3 is 10.2 Å². The van der Waals surface area contributed by atoms with Crippen LogP contribution in [0, 0.1) is 5.82 Å². The van der Waals surface area contributed by atoms with E-state index in [1.54, 1.807) is 17.0 Å². The number of nitrogens with zero attached hydrogens (tertiary/aromatic N) is 3. The molecule has 0 saturated carbocycles. The average Bonchev–Trinajstić information content (AvgIpc) is 3.05. The van der Waals surface area contributed by atoms with Crippen LogP contribution in [0.4, 0.5) is 10.2 Å². The predicted molar refractivity (Wildman–Crippen MR) is 86.8 cm³/mol. The van der Waals surface area contributed by atoms with Gasteiger partial charge in [0.05, 0.1) is 5.56 Å². The molecule has 8 heteroatoms. The minimum atomic E-state index is -0.634. The first-order chi connectivity index (χ1) is 11.6. The van der Waals surface area contributed by atoms with Crippen molar-refractivity contribution in [3.63, 3.8) is 0 Å². The van der Waals surface area contributed by atoms with Gasteiger partial charge in [0.15, 0.2) is 5.15 Å². The second-order valence-electron chi connectivity index (χ2n) is 5.48. The number of carbonyl (C=O) groups is 2. The molecular weight excluding hydrogens is 335 g/mol. The van der Waals surface area contributed by atoms with Gasteiger partial charge in [-0.2, -0.15) is 0 Å². The fourth-order valence-corrected chi connectivity index (χ4v) is 2.72. The summed E-state index contributed by atoms with van der Waals surface area (Å²) < 4.78 is 13.9. The van der Waals surface area contributed by atoms with Gasteiger partial charge in [-0.25, -0.2) is 4.39 Å². The summed E-state index contributed by atoms with van der Waals surface area (Å²) in [6.07, 6.45) is 1.29. The number of likely N-dealkylation sites (tertiary alicyclic amines) is 1. The van der Waals surface area contributed by atoms with Crippen molar-refractivity contribution < 1.29 is 14.0 Å². The van der Waals surface area contributed by atoms with Crippen molar-refractivity contribution in [3.05, 3.63) is 52.4 Å². The minimum Gasteiger partial charge on any atom is -0.364 e. The summed E-state index contributed by atoms with van der Waals surface area (Å²) in [5.74, 6) is -0.499. The SMILES string of the molecule is O=Cc1ccc(F)c(C(=O)N2CC[C@H](Nc3ccc(Cl)nn3)C2)c1. The van der Waals surface area contributed by atoms with Gasteiger partial charge in [-0.15, -0.1) is 10.2 Å². The molecule has 1 aliphatic heterocycles. The molecule has 1 aromatic carbocycles. The number of aldehydes is 1. The van der Waals surface area contributed by atoms with Crippen LogP contribution in [0.15, 0.2) is 30.3 Å². The Morgan fingerprint density at radius 1 is 1.33 bits per heavy atom. The van der Waals surface area contributed by atoms with E-state index in [1.807, 2.05) is 0 Å². The third-order valence-electron chi connectivity index (χ3n) is 3.82. The highest BCUT2D eigenvalue weighted by Gasteiger charge is 2.28. The quantitative estimate of drug-likeness (QED) is 0.859. The molecule has 1 aromatic heterocycles. The second kappa shape index (κ2) is 6.92. The van der Waals surface area contributed by atoms with E-state index in [0.29, 0.717) is 36.8 Å². The summed E-state index contributed by atoms with van der Waals surface area (Å²) >= 11 is 5.69. The first-order valence-electron chi connectivity index (χ1n) is 7.36. The molecular formula is C16H14ClFN4O2. The highest BCUT2D eigenvalue weighted by molar-refractivity contribution is 6.29. The van der Waals surface area contributed by atoms with Gasteiger partial charge in [-0.05, 0) is 36.8 Å². The monoisotopic (exact) mass is 348 g/mol. The Kier molecular flexibility index (Phi) is 4.71. The summed E-state index contributed by atoms with van der Waals surface area (Å²) in [5, 5.41) is 11.1. The average molecular weight is 349 g/mol. The highest BCUT2D eigenvalue weighted by atomic mass is 35.5. The molecule has 1 saturated heterocycles. The number of carbonyl (C=O) groups excluding carboxylic acids is 2. The Morgan fingerprint density at radius 2 is 2.17 bits per heavy atom. The molecule has 0 spiro atoms. The lowest BCUT2D eigenvalue weighted by Crippen LogP contribution is -2.32. The summed E-state index contributed by atoms with van der Waals surface area (Å²) in [4.78, 5) is 24.8. The molecule has 1 amide bonds. The molecule has 6 nitrogen and oxygen atoms in total. The summed E-state index contributed by atoms with van der Waals surface area (Å²) in [6, 6.07) is 7.05. The Balaban J connectivity index is 1.67. The van der Waals surface area contributed by atoms with Gasteiger partial charge in [0.1, 0.15) is 17.9 Å². The molecule has 124 valence electrons. The molecule has 2 heterocycles. The van der Waals surface area contributed by atoms with E-state index in [0.717, 1.165) is 6.07 Å². The van der Waals surface area contributed by atoms with E-state index in [1.165, 1.54) is 12.1 Å². The first-order valence-corrected chi connectivity index (χ1v) is 7.74. The predicted octanol–water partition coefficient (Wildman–Crippen LogP) is 2.41. The minimum absolute atomic E-state index is 0.0123. The molecule has 24 heavy (non-hydrogen) atoms. The van der Waals surface area contributed by atoms with Crippen LogP contribution in [-0.2, 0) is 0 Å². The van der Waals surface area contributed by atoms with Crippen molar-refractivity contribution in [1.82, 2.24) is 15.1 Å². The first kappa shape index (κ1) is 16.3. The third-order valence-corrected chi connectivity index (χ3v) is 4.02. The topological polar surface area (TPSA) is 75.2 Å². The van der Waals surface area contributed by atoms with Crippen molar-refractivity contribution in [2.24, 2.45) is 0 Å². The van der Waals surface area contributed by atoms with E-state index >= 15 is 0 Å². The molecule has 0 unspecified atom stereocenters. The summed E-state index contributed by atoms with van der Waals surface area (Å²) in [5.41, 5.74) is 0.177. The Morgan fingerprint density at radius 3 is 2.88 bits per heavy atom. The Hall–Kier alpha value is -2.54. The summed E-state index contributed by atoms with van der Waals surface area (Å²) in [6.45, 7) is 0.899. The Bertz CT molecular complexity index is 769. The number of hydrogen-bond acceptors (Lipinski definition) is 5. The lowest BCUT2D eigenvalue weighted by Gasteiger charge is -2.18. The van der Waals surface area contributed by atoms with Crippen LogP contribution in [0.1, 0.15) is 27.1 Å². The number of hydrogen-bond donors (Lipinski definition) is 1. The van der Waals surface area contributed by atoms with E-state index < -0.39 is 11.7 Å². The maximum atomic E-state index is 13.9. The molecule has 1 fully saturated rings. The van der Waals surface area contributed by atoms with E-state index in [2.05, 4.69) is 15.5 Å². The number of benzene rings is 1. The third kappa shape index (κ3) is 3.51. The van der Waals surface area contributed by atoms with Crippen LogP contribution in [0.25, 0.3) is 0 Å². The number of anilines is 1. The van der Waals surface area contributed by atoms with Crippen LogP contribution in [0.3, 0.4) is 0 Å². The lowest BCUT2D eigenvalue weighted by molar-refractivity contribution is 0.0787. The van der Waals surface area contributed by atoms with Crippen molar-refractivity contribution in [1.29, 1.82) is 0 Å². The Labute approximate surface area is 142 Å². The van der Waals surface area contributed by atoms with Gasteiger partial charge in [0.25, 0.3) is 5.91 Å². The highest BCUT2D eigenvalue weighted by Crippen LogP contribution is 2.19. The number of aromatic nitrogens is 2. The van der Waals surface area contributed by atoms with Gasteiger partial charge in [0, 0.05) is 24.7 Å². The standard InChI is InChI=1S/C16H14ClFN4O2/c17-14-3-4-15(21-20-14)19-11-5-6-22(8-11)16(24)12-7-10(9-23)1-2-13(12)18/h1-4,7,9,11H,5-6,8H2,(H,19,21)/t11-/m0/s1.